The Labute approximate surface area is 195 Å². The van der Waals surface area contributed by atoms with Gasteiger partial charge in [-0.05, 0) is 67.4 Å². The highest BCUT2D eigenvalue weighted by atomic mass is 35.5. The third-order valence-electron chi connectivity index (χ3n) is 5.63. The molecule has 0 bridgehead atoms. The first-order valence-corrected chi connectivity index (χ1v) is 10.8. The standard InChI is InChI=1S/C25H20Cl2N2O3/c1-14(16-3-8-19(26)9-4-16)29-23(17-5-10-20(27)11-6-17)24(31)28-22-12-7-18(15(2)30)13-21(22)25(29)32/h3-14,23H,1-2H3,(H,28,31). The molecule has 3 aromatic carbocycles. The zero-order valence-corrected chi connectivity index (χ0v) is 18.9. The summed E-state index contributed by atoms with van der Waals surface area (Å²) >= 11 is 12.1. The van der Waals surface area contributed by atoms with Gasteiger partial charge in [0, 0.05) is 15.6 Å². The van der Waals surface area contributed by atoms with Crippen LogP contribution in [0.25, 0.3) is 0 Å². The molecule has 5 nitrogen and oxygen atoms in total. The summed E-state index contributed by atoms with van der Waals surface area (Å²) in [6.45, 7) is 3.29. The lowest BCUT2D eigenvalue weighted by Crippen LogP contribution is -2.40. The number of Topliss-reactive ketones (excluding diaryl/α,β-unsaturated/α-hetero) is 1. The second-order valence-electron chi connectivity index (χ2n) is 7.70. The predicted molar refractivity (Wildman–Crippen MR) is 125 cm³/mol. The Bertz CT molecular complexity index is 1210. The van der Waals surface area contributed by atoms with Crippen molar-refractivity contribution < 1.29 is 14.4 Å². The quantitative estimate of drug-likeness (QED) is 0.472. The number of carbonyl (C=O) groups excluding carboxylic acids is 3. The van der Waals surface area contributed by atoms with E-state index in [9.17, 15) is 14.4 Å². The predicted octanol–water partition coefficient (Wildman–Crippen LogP) is 6.09. The second-order valence-corrected chi connectivity index (χ2v) is 8.57. The van der Waals surface area contributed by atoms with Crippen LogP contribution >= 0.6 is 23.2 Å². The molecule has 0 saturated heterocycles. The van der Waals surface area contributed by atoms with Crippen molar-refractivity contribution >= 4 is 46.5 Å². The number of anilines is 1. The molecule has 162 valence electrons. The van der Waals surface area contributed by atoms with Gasteiger partial charge in [-0.25, -0.2) is 0 Å². The molecule has 32 heavy (non-hydrogen) atoms. The SMILES string of the molecule is CC(=O)c1ccc2c(c1)C(=O)N(C(C)c1ccc(Cl)cc1)C(c1ccc(Cl)cc1)C(=O)N2. The molecule has 0 fully saturated rings. The number of carbonyl (C=O) groups is 3. The Morgan fingerprint density at radius 1 is 0.938 bits per heavy atom. The monoisotopic (exact) mass is 466 g/mol. The number of amides is 2. The lowest BCUT2D eigenvalue weighted by atomic mass is 9.98. The van der Waals surface area contributed by atoms with Crippen molar-refractivity contribution in [1.82, 2.24) is 4.90 Å². The van der Waals surface area contributed by atoms with E-state index in [1.807, 2.05) is 19.1 Å². The summed E-state index contributed by atoms with van der Waals surface area (Å²) in [5.41, 5.74) is 2.48. The van der Waals surface area contributed by atoms with Gasteiger partial charge in [-0.3, -0.25) is 14.4 Å². The van der Waals surface area contributed by atoms with Gasteiger partial charge < -0.3 is 10.2 Å². The van der Waals surface area contributed by atoms with E-state index in [2.05, 4.69) is 5.32 Å². The minimum atomic E-state index is -0.904. The van der Waals surface area contributed by atoms with Crippen LogP contribution < -0.4 is 5.32 Å². The average Bonchev–Trinajstić information content (AvgIpc) is 2.88. The highest BCUT2D eigenvalue weighted by Gasteiger charge is 2.39. The summed E-state index contributed by atoms with van der Waals surface area (Å²) in [6, 6.07) is 17.4. The lowest BCUT2D eigenvalue weighted by Gasteiger charge is -2.34. The third kappa shape index (κ3) is 4.14. The number of nitrogens with one attached hydrogen (secondary N) is 1. The van der Waals surface area contributed by atoms with Crippen molar-refractivity contribution in [2.45, 2.75) is 25.9 Å². The second kappa shape index (κ2) is 8.77. The molecule has 0 radical (unpaired) electrons. The average molecular weight is 467 g/mol. The number of benzene rings is 3. The first kappa shape index (κ1) is 22.1. The van der Waals surface area contributed by atoms with Gasteiger partial charge in [-0.2, -0.15) is 0 Å². The maximum atomic E-state index is 13.9. The molecule has 1 aliphatic rings. The van der Waals surface area contributed by atoms with E-state index in [1.54, 1.807) is 48.5 Å². The van der Waals surface area contributed by atoms with Crippen LogP contribution in [0.15, 0.2) is 66.7 Å². The van der Waals surface area contributed by atoms with E-state index >= 15 is 0 Å². The number of rotatable bonds is 4. The first-order chi connectivity index (χ1) is 15.3. The minimum Gasteiger partial charge on any atom is -0.323 e. The van der Waals surface area contributed by atoms with Crippen molar-refractivity contribution in [3.63, 3.8) is 0 Å². The van der Waals surface area contributed by atoms with Crippen LogP contribution in [-0.4, -0.2) is 22.5 Å². The van der Waals surface area contributed by atoms with Crippen molar-refractivity contribution in [3.05, 3.63) is 99.0 Å². The highest BCUT2D eigenvalue weighted by molar-refractivity contribution is 6.30. The molecule has 0 aromatic heterocycles. The molecule has 0 aliphatic carbocycles. The Balaban J connectivity index is 1.89. The Kier molecular flexibility index (Phi) is 6.04. The van der Waals surface area contributed by atoms with Crippen LogP contribution in [0.1, 0.15) is 57.8 Å². The fourth-order valence-corrected chi connectivity index (χ4v) is 4.14. The van der Waals surface area contributed by atoms with Crippen LogP contribution in [-0.2, 0) is 4.79 Å². The number of fused-ring (bicyclic) bond motifs is 1. The van der Waals surface area contributed by atoms with E-state index in [1.165, 1.54) is 17.9 Å². The topological polar surface area (TPSA) is 66.5 Å². The summed E-state index contributed by atoms with van der Waals surface area (Å²) < 4.78 is 0. The zero-order chi connectivity index (χ0) is 23.0. The Morgan fingerprint density at radius 2 is 1.53 bits per heavy atom. The minimum absolute atomic E-state index is 0.164. The molecule has 1 heterocycles. The summed E-state index contributed by atoms with van der Waals surface area (Å²) in [7, 11) is 0. The van der Waals surface area contributed by atoms with E-state index in [4.69, 9.17) is 23.2 Å². The van der Waals surface area contributed by atoms with Gasteiger partial charge in [0.15, 0.2) is 5.78 Å². The van der Waals surface area contributed by atoms with Crippen LogP contribution in [0, 0.1) is 0 Å². The van der Waals surface area contributed by atoms with Crippen molar-refractivity contribution in [2.24, 2.45) is 0 Å². The zero-order valence-electron chi connectivity index (χ0n) is 17.4. The van der Waals surface area contributed by atoms with E-state index < -0.39 is 12.1 Å². The highest BCUT2D eigenvalue weighted by Crippen LogP contribution is 2.38. The number of hydrogen-bond acceptors (Lipinski definition) is 3. The smallest absolute Gasteiger partial charge is 0.257 e. The fraction of sp³-hybridized carbons (Fsp3) is 0.160. The first-order valence-electron chi connectivity index (χ1n) is 10.1. The molecule has 2 atom stereocenters. The lowest BCUT2D eigenvalue weighted by molar-refractivity contribution is -0.121. The molecular weight excluding hydrogens is 447 g/mol. The largest absolute Gasteiger partial charge is 0.323 e. The molecule has 0 spiro atoms. The van der Waals surface area contributed by atoms with Gasteiger partial charge in [-0.1, -0.05) is 47.5 Å². The normalized spacial score (nSPS) is 16.8. The number of halogens is 2. The van der Waals surface area contributed by atoms with Crippen LogP contribution in [0.3, 0.4) is 0 Å². The number of hydrogen-bond donors (Lipinski definition) is 1. The van der Waals surface area contributed by atoms with E-state index in [0.29, 0.717) is 26.9 Å². The third-order valence-corrected chi connectivity index (χ3v) is 6.13. The molecule has 7 heteroatoms. The molecule has 1 aliphatic heterocycles. The van der Waals surface area contributed by atoms with Crippen molar-refractivity contribution in [1.29, 1.82) is 0 Å². The van der Waals surface area contributed by atoms with E-state index in [0.717, 1.165) is 5.56 Å². The summed E-state index contributed by atoms with van der Waals surface area (Å²) in [4.78, 5) is 40.7. The van der Waals surface area contributed by atoms with Crippen LogP contribution in [0.2, 0.25) is 10.0 Å². The summed E-state index contributed by atoms with van der Waals surface area (Å²) in [5, 5.41) is 3.96. The molecule has 1 N–H and O–H groups in total. The van der Waals surface area contributed by atoms with Gasteiger partial charge in [-0.15, -0.1) is 0 Å². The maximum absolute atomic E-state index is 13.9. The van der Waals surface area contributed by atoms with Gasteiger partial charge in [0.1, 0.15) is 6.04 Å². The van der Waals surface area contributed by atoms with Crippen LogP contribution in [0.4, 0.5) is 5.69 Å². The molecule has 2 amide bonds. The molecule has 2 unspecified atom stereocenters. The summed E-state index contributed by atoms with van der Waals surface area (Å²) in [5.74, 6) is -0.873. The van der Waals surface area contributed by atoms with Crippen molar-refractivity contribution in [3.8, 4) is 0 Å². The van der Waals surface area contributed by atoms with Crippen LogP contribution in [0.5, 0.6) is 0 Å². The number of ketones is 1. The van der Waals surface area contributed by atoms with Gasteiger partial charge >= 0.3 is 0 Å². The van der Waals surface area contributed by atoms with Crippen molar-refractivity contribution in [2.75, 3.05) is 5.32 Å². The van der Waals surface area contributed by atoms with Gasteiger partial charge in [0.25, 0.3) is 11.8 Å². The number of nitrogens with zero attached hydrogens (tertiary/aromatic N) is 1. The molecular formula is C25H20Cl2N2O3. The molecule has 3 aromatic rings. The summed E-state index contributed by atoms with van der Waals surface area (Å²) in [6.07, 6.45) is 0. The fourth-order valence-electron chi connectivity index (χ4n) is 3.89. The van der Waals surface area contributed by atoms with Gasteiger partial charge in [0.2, 0.25) is 0 Å². The van der Waals surface area contributed by atoms with Gasteiger partial charge in [0.05, 0.1) is 17.3 Å². The molecule has 4 rings (SSSR count). The molecule has 0 saturated carbocycles. The Morgan fingerprint density at radius 3 is 2.12 bits per heavy atom. The Hall–Kier alpha value is -3.15. The maximum Gasteiger partial charge on any atom is 0.257 e. The van der Waals surface area contributed by atoms with E-state index in [-0.39, 0.29) is 23.2 Å².